The number of benzene rings is 2. The van der Waals surface area contributed by atoms with E-state index in [4.69, 9.17) is 11.6 Å². The molecule has 0 aliphatic rings. The zero-order valence-corrected chi connectivity index (χ0v) is 17.3. The highest BCUT2D eigenvalue weighted by Gasteiger charge is 2.08. The molecule has 150 valence electrons. The smallest absolute Gasteiger partial charge is 0.323 e. The van der Waals surface area contributed by atoms with E-state index >= 15 is 0 Å². The van der Waals surface area contributed by atoms with E-state index in [-0.39, 0.29) is 6.03 Å². The minimum atomic E-state index is -0.272. The molecule has 0 bridgehead atoms. The molecule has 0 atom stereocenters. The molecule has 6 nitrogen and oxygen atoms in total. The summed E-state index contributed by atoms with van der Waals surface area (Å²) in [5, 5.41) is 9.30. The highest BCUT2D eigenvalue weighted by Crippen LogP contribution is 2.20. The van der Waals surface area contributed by atoms with Crippen LogP contribution in [0.5, 0.6) is 0 Å². The second-order valence-electron chi connectivity index (χ2n) is 6.53. The van der Waals surface area contributed by atoms with Crippen molar-refractivity contribution in [1.29, 1.82) is 0 Å². The van der Waals surface area contributed by atoms with Crippen LogP contribution in [0, 0.1) is 0 Å². The van der Waals surface area contributed by atoms with Crippen molar-refractivity contribution in [3.05, 3.63) is 76.7 Å². The third kappa shape index (κ3) is 5.68. The Hall–Kier alpha value is -3.12. The standard InChI is InChI=1S/C22H24ClN5O/c1-3-15-8-9-19(17(4-2)12-15)28-22(29)27-18-7-5-6-16(13-18)14-26-21-20(23)24-10-11-25-21/h5-13H,3-4,14H2,1-2H3,(H,25,26)(H2,27,28,29). The van der Waals surface area contributed by atoms with Gasteiger partial charge in [-0.25, -0.2) is 14.8 Å². The van der Waals surface area contributed by atoms with Crippen LogP contribution >= 0.6 is 11.6 Å². The summed E-state index contributed by atoms with van der Waals surface area (Å²) < 4.78 is 0. The van der Waals surface area contributed by atoms with E-state index in [1.165, 1.54) is 11.8 Å². The first-order valence-corrected chi connectivity index (χ1v) is 9.96. The summed E-state index contributed by atoms with van der Waals surface area (Å²) in [6.07, 6.45) is 4.94. The molecule has 7 heteroatoms. The second kappa shape index (κ2) is 9.89. The van der Waals surface area contributed by atoms with Gasteiger partial charge in [0.15, 0.2) is 11.0 Å². The molecule has 3 N–H and O–H groups in total. The van der Waals surface area contributed by atoms with E-state index in [9.17, 15) is 4.79 Å². The molecule has 3 aromatic rings. The molecule has 0 unspecified atom stereocenters. The largest absolute Gasteiger partial charge is 0.363 e. The van der Waals surface area contributed by atoms with Crippen LogP contribution in [-0.4, -0.2) is 16.0 Å². The molecule has 2 aromatic carbocycles. The van der Waals surface area contributed by atoms with E-state index < -0.39 is 0 Å². The number of aromatic nitrogens is 2. The highest BCUT2D eigenvalue weighted by atomic mass is 35.5. The van der Waals surface area contributed by atoms with E-state index in [1.807, 2.05) is 36.4 Å². The number of anilines is 3. The van der Waals surface area contributed by atoms with Crippen molar-refractivity contribution in [3.63, 3.8) is 0 Å². The molecule has 3 rings (SSSR count). The maximum Gasteiger partial charge on any atom is 0.323 e. The third-order valence-electron chi connectivity index (χ3n) is 4.51. The molecule has 0 saturated carbocycles. The van der Waals surface area contributed by atoms with Crippen molar-refractivity contribution < 1.29 is 4.79 Å². The molecule has 0 spiro atoms. The highest BCUT2D eigenvalue weighted by molar-refractivity contribution is 6.31. The Kier molecular flexibility index (Phi) is 7.03. The summed E-state index contributed by atoms with van der Waals surface area (Å²) in [5.74, 6) is 0.521. The fourth-order valence-electron chi connectivity index (χ4n) is 2.95. The summed E-state index contributed by atoms with van der Waals surface area (Å²) in [7, 11) is 0. The van der Waals surface area contributed by atoms with Crippen LogP contribution in [0.4, 0.5) is 22.0 Å². The SMILES string of the molecule is CCc1ccc(NC(=O)Nc2cccc(CNc3nccnc3Cl)c2)c(CC)c1. The molecule has 0 saturated heterocycles. The average molecular weight is 410 g/mol. The van der Waals surface area contributed by atoms with Crippen molar-refractivity contribution in [3.8, 4) is 0 Å². The van der Waals surface area contributed by atoms with Crippen LogP contribution in [0.1, 0.15) is 30.5 Å². The van der Waals surface area contributed by atoms with Gasteiger partial charge in [0.1, 0.15) is 0 Å². The summed E-state index contributed by atoms with van der Waals surface area (Å²) in [6, 6.07) is 13.5. The lowest BCUT2D eigenvalue weighted by molar-refractivity contribution is 0.262. The van der Waals surface area contributed by atoms with Gasteiger partial charge in [-0.2, -0.15) is 0 Å². The number of urea groups is 1. The maximum atomic E-state index is 12.5. The Balaban J connectivity index is 1.62. The Labute approximate surface area is 175 Å². The molecular formula is C22H24ClN5O. The predicted molar refractivity (Wildman–Crippen MR) is 119 cm³/mol. The van der Waals surface area contributed by atoms with E-state index in [0.29, 0.717) is 23.2 Å². The van der Waals surface area contributed by atoms with Gasteiger partial charge in [0.2, 0.25) is 0 Å². The summed E-state index contributed by atoms with van der Waals surface area (Å²) in [6.45, 7) is 4.71. The van der Waals surface area contributed by atoms with Gasteiger partial charge in [-0.05, 0) is 47.7 Å². The number of hydrogen-bond acceptors (Lipinski definition) is 4. The first kappa shape index (κ1) is 20.6. The van der Waals surface area contributed by atoms with Crippen LogP contribution < -0.4 is 16.0 Å². The monoisotopic (exact) mass is 409 g/mol. The van der Waals surface area contributed by atoms with Crippen LogP contribution in [0.25, 0.3) is 0 Å². The number of rotatable bonds is 7. The van der Waals surface area contributed by atoms with Gasteiger partial charge in [-0.15, -0.1) is 0 Å². The first-order valence-electron chi connectivity index (χ1n) is 9.58. The van der Waals surface area contributed by atoms with E-state index in [1.54, 1.807) is 6.20 Å². The summed E-state index contributed by atoms with van der Waals surface area (Å²) >= 11 is 6.01. The molecular weight excluding hydrogens is 386 g/mol. The predicted octanol–water partition coefficient (Wildman–Crippen LogP) is 5.51. The number of hydrogen-bond donors (Lipinski definition) is 3. The molecule has 1 aromatic heterocycles. The fourth-order valence-corrected chi connectivity index (χ4v) is 3.12. The van der Waals surface area contributed by atoms with Gasteiger partial charge in [0.05, 0.1) is 0 Å². The van der Waals surface area contributed by atoms with Crippen molar-refractivity contribution >= 4 is 34.8 Å². The van der Waals surface area contributed by atoms with Crippen molar-refractivity contribution in [1.82, 2.24) is 9.97 Å². The maximum absolute atomic E-state index is 12.5. The number of aryl methyl sites for hydroxylation is 2. The average Bonchev–Trinajstić information content (AvgIpc) is 2.73. The molecule has 1 heterocycles. The van der Waals surface area contributed by atoms with Gasteiger partial charge in [-0.1, -0.05) is 49.7 Å². The van der Waals surface area contributed by atoms with Crippen molar-refractivity contribution in [2.24, 2.45) is 0 Å². The van der Waals surface area contributed by atoms with Crippen LogP contribution in [0.2, 0.25) is 5.15 Å². The molecule has 0 fully saturated rings. The number of amides is 2. The molecule has 29 heavy (non-hydrogen) atoms. The number of nitrogens with zero attached hydrogens (tertiary/aromatic N) is 2. The third-order valence-corrected chi connectivity index (χ3v) is 4.78. The molecule has 2 amide bonds. The summed E-state index contributed by atoms with van der Waals surface area (Å²) in [5.41, 5.74) is 4.90. The van der Waals surface area contributed by atoms with Gasteiger partial charge >= 0.3 is 6.03 Å². The van der Waals surface area contributed by atoms with Crippen LogP contribution in [-0.2, 0) is 19.4 Å². The minimum absolute atomic E-state index is 0.272. The normalized spacial score (nSPS) is 10.4. The van der Waals surface area contributed by atoms with Gasteiger partial charge in [0, 0.05) is 30.3 Å². The van der Waals surface area contributed by atoms with Crippen molar-refractivity contribution in [2.75, 3.05) is 16.0 Å². The van der Waals surface area contributed by atoms with Gasteiger partial charge < -0.3 is 16.0 Å². The van der Waals surface area contributed by atoms with Gasteiger partial charge in [-0.3, -0.25) is 0 Å². The quantitative estimate of drug-likeness (QED) is 0.480. The number of carbonyl (C=O) groups excluding carboxylic acids is 1. The molecule has 0 aliphatic heterocycles. The Morgan fingerprint density at radius 1 is 0.966 bits per heavy atom. The Morgan fingerprint density at radius 2 is 1.79 bits per heavy atom. The number of carbonyl (C=O) groups is 1. The van der Waals surface area contributed by atoms with E-state index in [2.05, 4.69) is 45.8 Å². The number of halogens is 1. The zero-order valence-electron chi connectivity index (χ0n) is 16.5. The number of nitrogens with one attached hydrogen (secondary N) is 3. The van der Waals surface area contributed by atoms with Crippen LogP contribution in [0.15, 0.2) is 54.9 Å². The Bertz CT molecular complexity index is 992. The first-order chi connectivity index (χ1) is 14.1. The molecule has 0 aliphatic carbocycles. The zero-order chi connectivity index (χ0) is 20.6. The van der Waals surface area contributed by atoms with Gasteiger partial charge in [0.25, 0.3) is 0 Å². The van der Waals surface area contributed by atoms with Crippen molar-refractivity contribution in [2.45, 2.75) is 33.2 Å². The summed E-state index contributed by atoms with van der Waals surface area (Å²) in [4.78, 5) is 20.6. The fraction of sp³-hybridized carbons (Fsp3) is 0.227. The Morgan fingerprint density at radius 3 is 2.55 bits per heavy atom. The van der Waals surface area contributed by atoms with E-state index in [0.717, 1.165) is 29.7 Å². The lowest BCUT2D eigenvalue weighted by Crippen LogP contribution is -2.20. The second-order valence-corrected chi connectivity index (χ2v) is 6.89. The lowest BCUT2D eigenvalue weighted by atomic mass is 10.0. The lowest BCUT2D eigenvalue weighted by Gasteiger charge is -2.13. The minimum Gasteiger partial charge on any atom is -0.363 e. The molecule has 0 radical (unpaired) electrons. The topological polar surface area (TPSA) is 78.9 Å². The van der Waals surface area contributed by atoms with Crippen LogP contribution in [0.3, 0.4) is 0 Å².